The molecule has 0 saturated carbocycles. The van der Waals surface area contributed by atoms with Crippen LogP contribution in [0.1, 0.15) is 33.1 Å². The zero-order chi connectivity index (χ0) is 13.5. The summed E-state index contributed by atoms with van der Waals surface area (Å²) in [6, 6.07) is -0.849. The number of carbonyl (C=O) groups is 1. The lowest BCUT2D eigenvalue weighted by Crippen LogP contribution is -2.34. The fourth-order valence-electron chi connectivity index (χ4n) is 1.37. The normalized spacial score (nSPS) is 15.3. The molecule has 0 aliphatic rings. The van der Waals surface area contributed by atoms with Crippen molar-refractivity contribution in [1.29, 1.82) is 0 Å². The van der Waals surface area contributed by atoms with Crippen LogP contribution in [0.25, 0.3) is 0 Å². The molecule has 0 radical (unpaired) electrons. The largest absolute Gasteiger partial charge is 0.464 e. The minimum absolute atomic E-state index is 0.0895. The third kappa shape index (κ3) is 9.12. The van der Waals surface area contributed by atoms with E-state index >= 15 is 0 Å². The maximum Gasteiger partial charge on any atom is 0.322 e. The van der Waals surface area contributed by atoms with Crippen molar-refractivity contribution in [3.63, 3.8) is 0 Å². The maximum atomic E-state index is 11.4. The monoisotopic (exact) mass is 265 g/mol. The van der Waals surface area contributed by atoms with E-state index in [9.17, 15) is 13.2 Å². The Bertz CT molecular complexity index is 326. The second-order valence-corrected chi connectivity index (χ2v) is 6.81. The number of esters is 1. The zero-order valence-corrected chi connectivity index (χ0v) is 11.6. The molecule has 17 heavy (non-hydrogen) atoms. The van der Waals surface area contributed by atoms with Gasteiger partial charge in [-0.2, -0.15) is 0 Å². The molecule has 0 fully saturated rings. The Morgan fingerprint density at radius 2 is 1.94 bits per heavy atom. The van der Waals surface area contributed by atoms with E-state index < -0.39 is 21.8 Å². The summed E-state index contributed by atoms with van der Waals surface area (Å²) in [7, 11) is -3.08. The van der Waals surface area contributed by atoms with E-state index in [1.54, 1.807) is 0 Å². The van der Waals surface area contributed by atoms with Crippen molar-refractivity contribution in [1.82, 2.24) is 0 Å². The third-order valence-corrected chi connectivity index (χ3v) is 3.37. The smallest absolute Gasteiger partial charge is 0.322 e. The van der Waals surface area contributed by atoms with Gasteiger partial charge in [-0.25, -0.2) is 8.42 Å². The molecule has 2 N–H and O–H groups in total. The van der Waals surface area contributed by atoms with Crippen molar-refractivity contribution in [2.24, 2.45) is 11.7 Å². The van der Waals surface area contributed by atoms with Crippen molar-refractivity contribution in [2.75, 3.05) is 18.6 Å². The number of ether oxygens (including phenoxy) is 1. The summed E-state index contributed by atoms with van der Waals surface area (Å²) in [5.41, 5.74) is 5.55. The molecule has 0 aromatic carbocycles. The molecule has 0 aromatic rings. The van der Waals surface area contributed by atoms with Crippen LogP contribution in [0.15, 0.2) is 0 Å². The van der Waals surface area contributed by atoms with E-state index in [4.69, 9.17) is 10.5 Å². The van der Waals surface area contributed by atoms with Crippen molar-refractivity contribution >= 4 is 15.8 Å². The second kappa shape index (κ2) is 7.66. The molecule has 0 amide bonds. The van der Waals surface area contributed by atoms with Crippen molar-refractivity contribution in [3.05, 3.63) is 0 Å². The first-order chi connectivity index (χ1) is 7.76. The minimum Gasteiger partial charge on any atom is -0.464 e. The predicted octanol–water partition coefficient (Wildman–Crippen LogP) is 0.728. The van der Waals surface area contributed by atoms with E-state index in [1.165, 1.54) is 0 Å². The Morgan fingerprint density at radius 1 is 1.35 bits per heavy atom. The molecule has 2 atom stereocenters. The highest BCUT2D eigenvalue weighted by molar-refractivity contribution is 7.90. The van der Waals surface area contributed by atoms with Crippen molar-refractivity contribution in [3.8, 4) is 0 Å². The summed E-state index contributed by atoms with van der Waals surface area (Å²) in [5.74, 6) is -0.295. The maximum absolute atomic E-state index is 11.4. The van der Waals surface area contributed by atoms with Gasteiger partial charge in [-0.05, 0) is 18.8 Å². The molecule has 0 spiro atoms. The highest BCUT2D eigenvalue weighted by Gasteiger charge is 2.18. The molecule has 0 aromatic heterocycles. The van der Waals surface area contributed by atoms with Gasteiger partial charge in [0.2, 0.25) is 0 Å². The third-order valence-electron chi connectivity index (χ3n) is 2.39. The lowest BCUT2D eigenvalue weighted by atomic mass is 10.1. The first-order valence-corrected chi connectivity index (χ1v) is 7.92. The van der Waals surface area contributed by atoms with Crippen LogP contribution >= 0.6 is 0 Å². The zero-order valence-electron chi connectivity index (χ0n) is 10.8. The molecule has 6 heteroatoms. The van der Waals surface area contributed by atoms with E-state index in [0.29, 0.717) is 12.5 Å². The summed E-state index contributed by atoms with van der Waals surface area (Å²) >= 11 is 0. The number of sulfone groups is 1. The lowest BCUT2D eigenvalue weighted by Gasteiger charge is -2.14. The minimum atomic E-state index is -3.08. The van der Waals surface area contributed by atoms with Crippen LogP contribution in [0.5, 0.6) is 0 Å². The molecule has 0 bridgehead atoms. The van der Waals surface area contributed by atoms with Gasteiger partial charge in [0.25, 0.3) is 0 Å². The van der Waals surface area contributed by atoms with Crippen LogP contribution in [0.2, 0.25) is 0 Å². The van der Waals surface area contributed by atoms with Gasteiger partial charge < -0.3 is 10.5 Å². The number of hydrogen-bond acceptors (Lipinski definition) is 5. The van der Waals surface area contributed by atoms with Crippen LogP contribution in [-0.2, 0) is 19.4 Å². The fourth-order valence-corrected chi connectivity index (χ4v) is 2.05. The van der Waals surface area contributed by atoms with Crippen molar-refractivity contribution in [2.45, 2.75) is 39.2 Å². The summed E-state index contributed by atoms with van der Waals surface area (Å²) in [4.78, 5) is 11.4. The first-order valence-electron chi connectivity index (χ1n) is 5.86. The number of nitrogens with two attached hydrogens (primary N) is 1. The van der Waals surface area contributed by atoms with Gasteiger partial charge in [0.1, 0.15) is 15.9 Å². The molecule has 0 aliphatic heterocycles. The van der Waals surface area contributed by atoms with Crippen LogP contribution in [0.3, 0.4) is 0 Å². The number of rotatable bonds is 8. The standard InChI is InChI=1S/C11H23NO4S/c1-4-5-9(2)8-16-11(13)10(12)6-7-17(3,14)15/h9-10H,4-8,12H2,1-3H3. The molecular weight excluding hydrogens is 242 g/mol. The molecule has 0 aliphatic carbocycles. The van der Waals surface area contributed by atoms with Gasteiger partial charge in [0.05, 0.1) is 12.4 Å². The van der Waals surface area contributed by atoms with Gasteiger partial charge in [-0.3, -0.25) is 4.79 Å². The highest BCUT2D eigenvalue weighted by Crippen LogP contribution is 2.06. The topological polar surface area (TPSA) is 86.5 Å². The summed E-state index contributed by atoms with van der Waals surface area (Å²) in [6.07, 6.45) is 3.26. The fraction of sp³-hybridized carbons (Fsp3) is 0.909. The number of hydrogen-bond donors (Lipinski definition) is 1. The Labute approximate surface area is 104 Å². The quantitative estimate of drug-likeness (QED) is 0.654. The Balaban J connectivity index is 3.90. The van der Waals surface area contributed by atoms with E-state index in [-0.39, 0.29) is 12.2 Å². The molecule has 0 rings (SSSR count). The first kappa shape index (κ1) is 16.4. The van der Waals surface area contributed by atoms with E-state index in [2.05, 4.69) is 6.92 Å². The number of carbonyl (C=O) groups excluding carboxylic acids is 1. The van der Waals surface area contributed by atoms with Crippen molar-refractivity contribution < 1.29 is 17.9 Å². The van der Waals surface area contributed by atoms with Gasteiger partial charge in [0, 0.05) is 6.26 Å². The van der Waals surface area contributed by atoms with Crippen LogP contribution < -0.4 is 5.73 Å². The van der Waals surface area contributed by atoms with Gasteiger partial charge in [-0.1, -0.05) is 20.3 Å². The Morgan fingerprint density at radius 3 is 2.41 bits per heavy atom. The lowest BCUT2D eigenvalue weighted by molar-refractivity contribution is -0.146. The summed E-state index contributed by atoms with van der Waals surface area (Å²) in [5, 5.41) is 0. The molecule has 2 unspecified atom stereocenters. The highest BCUT2D eigenvalue weighted by atomic mass is 32.2. The molecule has 5 nitrogen and oxygen atoms in total. The van der Waals surface area contributed by atoms with E-state index in [0.717, 1.165) is 19.1 Å². The van der Waals surface area contributed by atoms with Gasteiger partial charge >= 0.3 is 5.97 Å². The van der Waals surface area contributed by atoms with Gasteiger partial charge in [0.15, 0.2) is 0 Å². The summed E-state index contributed by atoms with van der Waals surface area (Å²) < 4.78 is 26.8. The predicted molar refractivity (Wildman–Crippen MR) is 67.3 cm³/mol. The van der Waals surface area contributed by atoms with Crippen LogP contribution in [0, 0.1) is 5.92 Å². The molecule has 0 saturated heterocycles. The van der Waals surface area contributed by atoms with Crippen LogP contribution in [-0.4, -0.2) is 39.0 Å². The van der Waals surface area contributed by atoms with Crippen LogP contribution in [0.4, 0.5) is 0 Å². The average Bonchev–Trinajstić information content (AvgIpc) is 2.22. The summed E-state index contributed by atoms with van der Waals surface area (Å²) in [6.45, 7) is 4.41. The second-order valence-electron chi connectivity index (χ2n) is 4.55. The Hall–Kier alpha value is -0.620. The Kier molecular flexibility index (Phi) is 7.38. The SMILES string of the molecule is CCCC(C)COC(=O)C(N)CCS(C)(=O)=O. The van der Waals surface area contributed by atoms with Gasteiger partial charge in [-0.15, -0.1) is 0 Å². The molecule has 102 valence electrons. The molecular formula is C11H23NO4S. The van der Waals surface area contributed by atoms with E-state index in [1.807, 2.05) is 6.92 Å². The molecule has 0 heterocycles. The average molecular weight is 265 g/mol.